The van der Waals surface area contributed by atoms with E-state index in [-0.39, 0.29) is 11.9 Å². The lowest BCUT2D eigenvalue weighted by Crippen LogP contribution is -2.53. The minimum absolute atomic E-state index is 0.0266. The zero-order valence-corrected chi connectivity index (χ0v) is 15.0. The molecule has 1 aromatic carbocycles. The average Bonchev–Trinajstić information content (AvgIpc) is 3.39. The maximum Gasteiger partial charge on any atom is 0.237 e. The van der Waals surface area contributed by atoms with E-state index in [1.807, 2.05) is 13.0 Å². The number of amides is 1. The molecular weight excluding hydrogens is 302 g/mol. The van der Waals surface area contributed by atoms with Crippen LogP contribution in [-0.4, -0.2) is 61.1 Å². The van der Waals surface area contributed by atoms with Crippen LogP contribution in [0.3, 0.4) is 0 Å². The third-order valence-electron chi connectivity index (χ3n) is 5.09. The van der Waals surface area contributed by atoms with Crippen LogP contribution in [0.5, 0.6) is 5.75 Å². The number of carbonyl (C=O) groups is 1. The van der Waals surface area contributed by atoms with Crippen molar-refractivity contribution in [2.24, 2.45) is 0 Å². The molecule has 1 saturated heterocycles. The third kappa shape index (κ3) is 4.28. The predicted molar refractivity (Wildman–Crippen MR) is 95.2 cm³/mol. The van der Waals surface area contributed by atoms with E-state index in [1.54, 1.807) is 7.11 Å². The second-order valence-corrected chi connectivity index (χ2v) is 7.09. The Morgan fingerprint density at radius 3 is 2.62 bits per heavy atom. The number of hydrogen-bond acceptors (Lipinski definition) is 4. The maximum absolute atomic E-state index is 12.2. The van der Waals surface area contributed by atoms with Gasteiger partial charge < -0.3 is 10.1 Å². The van der Waals surface area contributed by atoms with Crippen molar-refractivity contribution in [3.05, 3.63) is 29.3 Å². The average molecular weight is 331 g/mol. The van der Waals surface area contributed by atoms with Crippen LogP contribution in [0.25, 0.3) is 0 Å². The molecule has 1 heterocycles. The Bertz CT molecular complexity index is 578. The lowest BCUT2D eigenvalue weighted by atomic mass is 10.1. The summed E-state index contributed by atoms with van der Waals surface area (Å²) >= 11 is 0. The van der Waals surface area contributed by atoms with Crippen molar-refractivity contribution < 1.29 is 9.53 Å². The molecule has 0 spiro atoms. The summed E-state index contributed by atoms with van der Waals surface area (Å²) in [5.74, 6) is 1.14. The summed E-state index contributed by atoms with van der Waals surface area (Å²) in [5.41, 5.74) is 2.50. The molecule has 0 bridgehead atoms. The van der Waals surface area contributed by atoms with Crippen LogP contribution >= 0.6 is 0 Å². The van der Waals surface area contributed by atoms with Gasteiger partial charge in [-0.05, 0) is 32.8 Å². The highest BCUT2D eigenvalue weighted by atomic mass is 16.5. The van der Waals surface area contributed by atoms with Gasteiger partial charge in [-0.25, -0.2) is 0 Å². The second-order valence-electron chi connectivity index (χ2n) is 7.09. The maximum atomic E-state index is 12.2. The molecule has 1 aliphatic carbocycles. The number of aryl methyl sites for hydroxylation is 1. The molecule has 2 fully saturated rings. The lowest BCUT2D eigenvalue weighted by Gasteiger charge is -2.37. The van der Waals surface area contributed by atoms with Crippen molar-refractivity contribution in [2.75, 3.05) is 33.3 Å². The standard InChI is InChI=1S/C19H29N3O2/c1-14-4-7-18(24-3)16(12-14)13-21-8-10-22(11-9-21)15(2)19(23)20-17-5-6-17/h4,7,12,15,17H,5-6,8-11,13H2,1-3H3,(H,20,23)/t15-/m1/s1. The first-order valence-electron chi connectivity index (χ1n) is 8.97. The van der Waals surface area contributed by atoms with Crippen molar-refractivity contribution in [3.63, 3.8) is 0 Å². The Labute approximate surface area is 145 Å². The fraction of sp³-hybridized carbons (Fsp3) is 0.632. The molecule has 2 aliphatic rings. The zero-order valence-electron chi connectivity index (χ0n) is 15.0. The Hall–Kier alpha value is -1.59. The summed E-state index contributed by atoms with van der Waals surface area (Å²) in [4.78, 5) is 16.9. The smallest absolute Gasteiger partial charge is 0.237 e. The van der Waals surface area contributed by atoms with Gasteiger partial charge in [-0.15, -0.1) is 0 Å². The van der Waals surface area contributed by atoms with E-state index >= 15 is 0 Å². The number of methoxy groups -OCH3 is 1. The summed E-state index contributed by atoms with van der Waals surface area (Å²) < 4.78 is 5.49. The summed E-state index contributed by atoms with van der Waals surface area (Å²) in [5, 5.41) is 3.11. The number of rotatable bonds is 6. The van der Waals surface area contributed by atoms with E-state index in [0.717, 1.165) is 51.3 Å². The SMILES string of the molecule is COc1ccc(C)cc1CN1CCN([C@H](C)C(=O)NC2CC2)CC1. The Morgan fingerprint density at radius 1 is 1.29 bits per heavy atom. The van der Waals surface area contributed by atoms with Gasteiger partial charge in [-0.3, -0.25) is 14.6 Å². The second kappa shape index (κ2) is 7.53. The van der Waals surface area contributed by atoms with Crippen molar-refractivity contribution in [1.82, 2.24) is 15.1 Å². The number of nitrogens with zero attached hydrogens (tertiary/aromatic N) is 2. The summed E-state index contributed by atoms with van der Waals surface area (Å²) in [6.45, 7) is 8.89. The molecular formula is C19H29N3O2. The van der Waals surface area contributed by atoms with E-state index in [1.165, 1.54) is 11.1 Å². The number of nitrogens with one attached hydrogen (secondary N) is 1. The molecule has 5 nitrogen and oxygen atoms in total. The van der Waals surface area contributed by atoms with E-state index < -0.39 is 0 Å². The number of ether oxygens (including phenoxy) is 1. The van der Waals surface area contributed by atoms with Gasteiger partial charge in [-0.2, -0.15) is 0 Å². The summed E-state index contributed by atoms with van der Waals surface area (Å²) in [7, 11) is 1.73. The van der Waals surface area contributed by atoms with Crippen molar-refractivity contribution in [1.29, 1.82) is 0 Å². The molecule has 5 heteroatoms. The van der Waals surface area contributed by atoms with Crippen LogP contribution in [0.2, 0.25) is 0 Å². The van der Waals surface area contributed by atoms with Crippen LogP contribution in [0.15, 0.2) is 18.2 Å². The molecule has 1 aromatic rings. The zero-order chi connectivity index (χ0) is 17.1. The van der Waals surface area contributed by atoms with Gasteiger partial charge in [-0.1, -0.05) is 17.7 Å². The van der Waals surface area contributed by atoms with Gasteiger partial charge in [0.2, 0.25) is 5.91 Å². The lowest BCUT2D eigenvalue weighted by molar-refractivity contribution is -0.126. The van der Waals surface area contributed by atoms with Gasteiger partial charge >= 0.3 is 0 Å². The van der Waals surface area contributed by atoms with Crippen molar-refractivity contribution >= 4 is 5.91 Å². The molecule has 132 valence electrons. The largest absolute Gasteiger partial charge is 0.496 e. The van der Waals surface area contributed by atoms with Crippen molar-refractivity contribution in [2.45, 2.75) is 45.3 Å². The Morgan fingerprint density at radius 2 is 2.00 bits per heavy atom. The molecule has 1 amide bonds. The first-order valence-corrected chi connectivity index (χ1v) is 8.97. The highest BCUT2D eigenvalue weighted by Gasteiger charge is 2.30. The van der Waals surface area contributed by atoms with Crippen molar-refractivity contribution in [3.8, 4) is 5.75 Å². The van der Waals surface area contributed by atoms with E-state index in [2.05, 4.69) is 34.2 Å². The van der Waals surface area contributed by atoms with Gasteiger partial charge in [0.1, 0.15) is 5.75 Å². The van der Waals surface area contributed by atoms with Crippen LogP contribution in [0, 0.1) is 6.92 Å². The third-order valence-corrected chi connectivity index (χ3v) is 5.09. The Kier molecular flexibility index (Phi) is 5.41. The molecule has 24 heavy (non-hydrogen) atoms. The first-order chi connectivity index (χ1) is 11.6. The number of carbonyl (C=O) groups excluding carboxylic acids is 1. The van der Waals surface area contributed by atoms with Gasteiger partial charge in [0, 0.05) is 44.3 Å². The molecule has 1 atom stereocenters. The molecule has 0 radical (unpaired) electrons. The number of piperazine rings is 1. The quantitative estimate of drug-likeness (QED) is 0.863. The van der Waals surface area contributed by atoms with Gasteiger partial charge in [0.05, 0.1) is 13.2 Å². The fourth-order valence-electron chi connectivity index (χ4n) is 3.30. The molecule has 1 aliphatic heterocycles. The number of benzene rings is 1. The minimum atomic E-state index is -0.0266. The topological polar surface area (TPSA) is 44.8 Å². The molecule has 1 N–H and O–H groups in total. The van der Waals surface area contributed by atoms with E-state index in [0.29, 0.717) is 6.04 Å². The van der Waals surface area contributed by atoms with Crippen LogP contribution in [0.4, 0.5) is 0 Å². The van der Waals surface area contributed by atoms with E-state index in [9.17, 15) is 4.79 Å². The van der Waals surface area contributed by atoms with Crippen LogP contribution in [-0.2, 0) is 11.3 Å². The van der Waals surface area contributed by atoms with Gasteiger partial charge in [0.25, 0.3) is 0 Å². The Balaban J connectivity index is 1.51. The number of hydrogen-bond donors (Lipinski definition) is 1. The first kappa shape index (κ1) is 17.2. The molecule has 1 saturated carbocycles. The molecule has 0 aromatic heterocycles. The summed E-state index contributed by atoms with van der Waals surface area (Å²) in [6.07, 6.45) is 2.29. The van der Waals surface area contributed by atoms with Crippen LogP contribution in [0.1, 0.15) is 30.9 Å². The highest BCUT2D eigenvalue weighted by Crippen LogP contribution is 2.22. The van der Waals surface area contributed by atoms with E-state index in [4.69, 9.17) is 4.74 Å². The normalized spacial score (nSPS) is 20.6. The minimum Gasteiger partial charge on any atom is -0.496 e. The van der Waals surface area contributed by atoms with Crippen LogP contribution < -0.4 is 10.1 Å². The molecule has 0 unspecified atom stereocenters. The predicted octanol–water partition coefficient (Wildman–Crippen LogP) is 1.79. The summed E-state index contributed by atoms with van der Waals surface area (Å²) in [6, 6.07) is 6.75. The fourth-order valence-corrected chi connectivity index (χ4v) is 3.30. The highest BCUT2D eigenvalue weighted by molar-refractivity contribution is 5.81. The monoisotopic (exact) mass is 331 g/mol. The molecule has 3 rings (SSSR count). The van der Waals surface area contributed by atoms with Gasteiger partial charge in [0.15, 0.2) is 0 Å².